The number of H-pyrrole nitrogens is 1. The van der Waals surface area contributed by atoms with E-state index in [9.17, 15) is 4.79 Å². The molecule has 0 radical (unpaired) electrons. The molecule has 22 heavy (non-hydrogen) atoms. The zero-order valence-corrected chi connectivity index (χ0v) is 13.0. The first-order valence-corrected chi connectivity index (χ1v) is 7.14. The van der Waals surface area contributed by atoms with Gasteiger partial charge in [-0.15, -0.1) is 5.10 Å². The monoisotopic (exact) mass is 335 g/mol. The van der Waals surface area contributed by atoms with Crippen LogP contribution in [0.5, 0.6) is 5.75 Å². The Labute approximate surface area is 136 Å². The van der Waals surface area contributed by atoms with E-state index in [0.29, 0.717) is 32.9 Å². The molecular weight excluding hydrogens is 325 g/mol. The third kappa shape index (κ3) is 2.61. The lowest BCUT2D eigenvalue weighted by Gasteiger charge is -2.04. The Bertz CT molecular complexity index is 866. The maximum atomic E-state index is 12.2. The van der Waals surface area contributed by atoms with Gasteiger partial charge in [0.1, 0.15) is 5.75 Å². The van der Waals surface area contributed by atoms with Crippen molar-refractivity contribution < 1.29 is 4.74 Å². The van der Waals surface area contributed by atoms with Gasteiger partial charge in [0, 0.05) is 6.07 Å². The highest BCUT2D eigenvalue weighted by molar-refractivity contribution is 6.38. The topological polar surface area (TPSA) is 59.9 Å². The highest BCUT2D eigenvalue weighted by atomic mass is 35.5. The third-order valence-electron chi connectivity index (χ3n) is 3.12. The Kier molecular flexibility index (Phi) is 3.92. The normalized spacial score (nSPS) is 10.7. The van der Waals surface area contributed by atoms with E-state index in [0.717, 1.165) is 0 Å². The number of hydrogen-bond acceptors (Lipinski definition) is 3. The van der Waals surface area contributed by atoms with E-state index in [1.165, 1.54) is 4.68 Å². The van der Waals surface area contributed by atoms with E-state index in [4.69, 9.17) is 27.9 Å². The van der Waals surface area contributed by atoms with Crippen LogP contribution in [0.4, 0.5) is 0 Å². The van der Waals surface area contributed by atoms with Gasteiger partial charge in [-0.2, -0.15) is 4.68 Å². The van der Waals surface area contributed by atoms with Crippen LogP contribution in [0.1, 0.15) is 0 Å². The van der Waals surface area contributed by atoms with Crippen molar-refractivity contribution in [3.05, 3.63) is 63.0 Å². The number of halogens is 2. The summed E-state index contributed by atoms with van der Waals surface area (Å²) in [5.74, 6) is 0.938. The number of methoxy groups -OCH3 is 1. The van der Waals surface area contributed by atoms with Crippen molar-refractivity contribution in [1.82, 2.24) is 14.8 Å². The number of nitrogens with zero attached hydrogens (tertiary/aromatic N) is 2. The summed E-state index contributed by atoms with van der Waals surface area (Å²) >= 11 is 12.3. The lowest BCUT2D eigenvalue weighted by atomic mass is 10.2. The number of nitrogens with one attached hydrogen (secondary N) is 1. The first-order chi connectivity index (χ1) is 10.6. The van der Waals surface area contributed by atoms with Gasteiger partial charge in [0.25, 0.3) is 0 Å². The van der Waals surface area contributed by atoms with E-state index in [1.54, 1.807) is 49.6 Å². The van der Waals surface area contributed by atoms with Gasteiger partial charge in [-0.05, 0) is 24.3 Å². The van der Waals surface area contributed by atoms with Gasteiger partial charge >= 0.3 is 5.69 Å². The minimum absolute atomic E-state index is 0.309. The zero-order chi connectivity index (χ0) is 15.7. The van der Waals surface area contributed by atoms with Crippen LogP contribution in [-0.2, 0) is 0 Å². The second kappa shape index (κ2) is 5.87. The SMILES string of the molecule is COc1cccc(-n2nc(-c3c(Cl)cccc3Cl)[nH]c2=O)c1. The molecular formula is C15H11Cl2N3O2. The lowest BCUT2D eigenvalue weighted by Crippen LogP contribution is -2.15. The van der Waals surface area contributed by atoms with E-state index < -0.39 is 0 Å². The number of benzene rings is 2. The molecule has 3 rings (SSSR count). The van der Waals surface area contributed by atoms with Crippen LogP contribution in [0.25, 0.3) is 17.1 Å². The van der Waals surface area contributed by atoms with E-state index in [1.807, 2.05) is 0 Å². The molecule has 0 fully saturated rings. The Morgan fingerprint density at radius 3 is 2.50 bits per heavy atom. The first-order valence-electron chi connectivity index (χ1n) is 6.38. The van der Waals surface area contributed by atoms with Gasteiger partial charge in [0.2, 0.25) is 0 Å². The molecule has 2 aromatic carbocycles. The molecule has 0 atom stereocenters. The fraction of sp³-hybridized carbons (Fsp3) is 0.0667. The van der Waals surface area contributed by atoms with Gasteiger partial charge < -0.3 is 4.74 Å². The molecule has 3 aromatic rings. The third-order valence-corrected chi connectivity index (χ3v) is 3.75. The first kappa shape index (κ1) is 14.7. The van der Waals surface area contributed by atoms with Crippen LogP contribution < -0.4 is 10.4 Å². The summed E-state index contributed by atoms with van der Waals surface area (Å²) in [6, 6.07) is 12.1. The molecule has 0 aliphatic heterocycles. The summed E-state index contributed by atoms with van der Waals surface area (Å²) in [6.07, 6.45) is 0. The predicted molar refractivity (Wildman–Crippen MR) is 86.2 cm³/mol. The molecule has 0 spiro atoms. The number of ether oxygens (including phenoxy) is 1. The number of aromatic amines is 1. The smallest absolute Gasteiger partial charge is 0.348 e. The number of aromatic nitrogens is 3. The zero-order valence-electron chi connectivity index (χ0n) is 11.5. The van der Waals surface area contributed by atoms with Crippen LogP contribution in [0, 0.1) is 0 Å². The van der Waals surface area contributed by atoms with Crippen molar-refractivity contribution in [2.24, 2.45) is 0 Å². The van der Waals surface area contributed by atoms with Gasteiger partial charge in [0.05, 0.1) is 28.4 Å². The largest absolute Gasteiger partial charge is 0.497 e. The van der Waals surface area contributed by atoms with Crippen LogP contribution in [0.2, 0.25) is 10.0 Å². The second-order valence-corrected chi connectivity index (χ2v) is 5.30. The molecule has 0 unspecified atom stereocenters. The van der Waals surface area contributed by atoms with Gasteiger partial charge in [-0.3, -0.25) is 4.98 Å². The van der Waals surface area contributed by atoms with E-state index in [2.05, 4.69) is 10.1 Å². The summed E-state index contributed by atoms with van der Waals surface area (Å²) in [5.41, 5.74) is 0.679. The quantitative estimate of drug-likeness (QED) is 0.796. The maximum Gasteiger partial charge on any atom is 0.348 e. The van der Waals surface area contributed by atoms with Gasteiger partial charge in [0.15, 0.2) is 5.82 Å². The maximum absolute atomic E-state index is 12.2. The fourth-order valence-corrected chi connectivity index (χ4v) is 2.65. The van der Waals surface area contributed by atoms with E-state index in [-0.39, 0.29) is 5.69 Å². The van der Waals surface area contributed by atoms with Crippen molar-refractivity contribution in [3.8, 4) is 22.8 Å². The Balaban J connectivity index is 2.14. The Morgan fingerprint density at radius 2 is 1.82 bits per heavy atom. The van der Waals surface area contributed by atoms with Crippen molar-refractivity contribution in [3.63, 3.8) is 0 Å². The Morgan fingerprint density at radius 1 is 1.14 bits per heavy atom. The molecule has 1 aromatic heterocycles. The van der Waals surface area contributed by atoms with Crippen molar-refractivity contribution in [2.45, 2.75) is 0 Å². The van der Waals surface area contributed by atoms with Crippen molar-refractivity contribution >= 4 is 23.2 Å². The highest BCUT2D eigenvalue weighted by Crippen LogP contribution is 2.31. The van der Waals surface area contributed by atoms with Crippen molar-refractivity contribution in [1.29, 1.82) is 0 Å². The predicted octanol–water partition coefficient (Wildman–Crippen LogP) is 3.54. The van der Waals surface area contributed by atoms with Gasteiger partial charge in [-0.1, -0.05) is 35.3 Å². The van der Waals surface area contributed by atoms with Crippen molar-refractivity contribution in [2.75, 3.05) is 7.11 Å². The van der Waals surface area contributed by atoms with Crippen LogP contribution in [-0.4, -0.2) is 21.9 Å². The van der Waals surface area contributed by atoms with E-state index >= 15 is 0 Å². The average molecular weight is 336 g/mol. The minimum Gasteiger partial charge on any atom is -0.497 e. The molecule has 112 valence electrons. The molecule has 5 nitrogen and oxygen atoms in total. The molecule has 1 heterocycles. The molecule has 0 bridgehead atoms. The highest BCUT2D eigenvalue weighted by Gasteiger charge is 2.15. The minimum atomic E-state index is -0.390. The molecule has 0 saturated carbocycles. The second-order valence-electron chi connectivity index (χ2n) is 4.49. The van der Waals surface area contributed by atoms with Crippen LogP contribution in [0.15, 0.2) is 47.3 Å². The standard InChI is InChI=1S/C15H11Cl2N3O2/c1-22-10-5-2-4-9(8-10)20-15(21)18-14(19-20)13-11(16)6-3-7-12(13)17/h2-8H,1H3,(H,18,19,21). The molecule has 0 aliphatic carbocycles. The lowest BCUT2D eigenvalue weighted by molar-refractivity contribution is 0.414. The fourth-order valence-electron chi connectivity index (χ4n) is 2.08. The van der Waals surface area contributed by atoms with Gasteiger partial charge in [-0.25, -0.2) is 4.79 Å². The number of hydrogen-bond donors (Lipinski definition) is 1. The molecule has 0 saturated heterocycles. The average Bonchev–Trinajstić information content (AvgIpc) is 2.89. The summed E-state index contributed by atoms with van der Waals surface area (Å²) in [4.78, 5) is 14.8. The summed E-state index contributed by atoms with van der Waals surface area (Å²) in [7, 11) is 1.56. The summed E-state index contributed by atoms with van der Waals surface area (Å²) in [6.45, 7) is 0. The molecule has 0 aliphatic rings. The molecule has 0 amide bonds. The summed E-state index contributed by atoms with van der Waals surface area (Å²) in [5, 5.41) is 5.10. The number of rotatable bonds is 3. The Hall–Kier alpha value is -2.24. The van der Waals surface area contributed by atoms with Crippen LogP contribution in [0.3, 0.4) is 0 Å². The van der Waals surface area contributed by atoms with Crippen LogP contribution >= 0.6 is 23.2 Å². The molecule has 1 N–H and O–H groups in total. The molecule has 7 heteroatoms. The summed E-state index contributed by atoms with van der Waals surface area (Å²) < 4.78 is 6.38.